The molecule has 1 aliphatic carbocycles. The van der Waals surface area contributed by atoms with Crippen LogP contribution in [0.2, 0.25) is 0 Å². The highest BCUT2D eigenvalue weighted by Gasteiger charge is 2.31. The summed E-state index contributed by atoms with van der Waals surface area (Å²) < 4.78 is 0. The molecular weight excluding hydrogens is 384 g/mol. The molecule has 0 saturated carbocycles. The minimum atomic E-state index is 0.199. The molecule has 3 aromatic rings. The number of benzene rings is 1. The van der Waals surface area contributed by atoms with Gasteiger partial charge in [0.05, 0.1) is 5.69 Å². The van der Waals surface area contributed by atoms with Gasteiger partial charge in [-0.25, -0.2) is 0 Å². The highest BCUT2D eigenvalue weighted by molar-refractivity contribution is 6.02. The first-order valence-corrected chi connectivity index (χ1v) is 11.2. The van der Waals surface area contributed by atoms with Gasteiger partial charge < -0.3 is 4.98 Å². The number of hydrogen-bond donors (Lipinski definition) is 1. The van der Waals surface area contributed by atoms with E-state index in [0.717, 1.165) is 40.9 Å². The fraction of sp³-hybridized carbons (Fsp3) is 0.370. The molecule has 4 rings (SSSR count). The summed E-state index contributed by atoms with van der Waals surface area (Å²) in [6, 6.07) is 14.3. The van der Waals surface area contributed by atoms with Crippen LogP contribution in [0.3, 0.4) is 0 Å². The van der Waals surface area contributed by atoms with Crippen LogP contribution in [0.5, 0.6) is 0 Å². The summed E-state index contributed by atoms with van der Waals surface area (Å²) in [6.07, 6.45) is 7.61. The number of aromatic amines is 1. The van der Waals surface area contributed by atoms with Crippen LogP contribution in [0.25, 0.3) is 11.3 Å². The summed E-state index contributed by atoms with van der Waals surface area (Å²) in [5, 5.41) is 0. The average Bonchev–Trinajstić information content (AvgIpc) is 3.12. The number of carbonyl (C=O) groups excluding carboxylic acids is 2. The topological polar surface area (TPSA) is 62.8 Å². The van der Waals surface area contributed by atoms with Gasteiger partial charge in [0, 0.05) is 54.9 Å². The lowest BCUT2D eigenvalue weighted by molar-refractivity contribution is -0.120. The van der Waals surface area contributed by atoms with Gasteiger partial charge in [-0.05, 0) is 47.9 Å². The maximum absolute atomic E-state index is 13.3. The third-order valence-electron chi connectivity index (χ3n) is 6.09. The van der Waals surface area contributed by atoms with Gasteiger partial charge in [0.15, 0.2) is 5.78 Å². The van der Waals surface area contributed by atoms with Crippen LogP contribution < -0.4 is 0 Å². The average molecular weight is 415 g/mol. The summed E-state index contributed by atoms with van der Waals surface area (Å²) in [5.74, 6) is 1.12. The smallest absolute Gasteiger partial charge is 0.165 e. The summed E-state index contributed by atoms with van der Waals surface area (Å²) in [4.78, 5) is 33.2. The molecule has 4 nitrogen and oxygen atoms in total. The van der Waals surface area contributed by atoms with Crippen LogP contribution in [-0.4, -0.2) is 21.5 Å². The van der Waals surface area contributed by atoms with E-state index in [1.54, 1.807) is 12.4 Å². The van der Waals surface area contributed by atoms with E-state index in [-0.39, 0.29) is 11.7 Å². The van der Waals surface area contributed by atoms with Crippen molar-refractivity contribution in [2.75, 3.05) is 0 Å². The summed E-state index contributed by atoms with van der Waals surface area (Å²) >= 11 is 0. The predicted octanol–water partition coefficient (Wildman–Crippen LogP) is 5.81. The Morgan fingerprint density at radius 1 is 1.10 bits per heavy atom. The molecule has 0 spiro atoms. The van der Waals surface area contributed by atoms with E-state index in [2.05, 4.69) is 35.9 Å². The Morgan fingerprint density at radius 3 is 2.55 bits per heavy atom. The van der Waals surface area contributed by atoms with Crippen molar-refractivity contribution in [1.29, 1.82) is 0 Å². The van der Waals surface area contributed by atoms with Crippen molar-refractivity contribution in [1.82, 2.24) is 9.97 Å². The molecule has 2 aromatic heterocycles. The first-order chi connectivity index (χ1) is 15.0. The standard InChI is InChI=1S/C27H30N2O2/c1-18(2)14-22(30)9-8-20-16-24-26(25(31)17-20)23(15-19-6-4-3-5-7-19)27(29-24)21-10-12-28-13-11-21/h3-7,10-13,18,20,29H,8-9,14-17H2,1-2H3. The monoisotopic (exact) mass is 414 g/mol. The Morgan fingerprint density at radius 2 is 1.84 bits per heavy atom. The van der Waals surface area contributed by atoms with E-state index in [0.29, 0.717) is 37.4 Å². The molecular formula is C27H30N2O2. The number of pyridine rings is 1. The molecule has 2 heterocycles. The Balaban J connectivity index is 1.62. The van der Waals surface area contributed by atoms with Gasteiger partial charge in [-0.3, -0.25) is 14.6 Å². The molecule has 0 aliphatic heterocycles. The molecule has 1 aliphatic rings. The summed E-state index contributed by atoms with van der Waals surface area (Å²) in [5.41, 5.74) is 6.21. The summed E-state index contributed by atoms with van der Waals surface area (Å²) in [6.45, 7) is 4.14. The number of carbonyl (C=O) groups is 2. The van der Waals surface area contributed by atoms with Crippen LogP contribution in [-0.2, 0) is 17.6 Å². The number of aromatic nitrogens is 2. The molecule has 4 heteroatoms. The minimum absolute atomic E-state index is 0.199. The lowest BCUT2D eigenvalue weighted by Gasteiger charge is -2.22. The van der Waals surface area contributed by atoms with Crippen LogP contribution in [0.4, 0.5) is 0 Å². The zero-order valence-corrected chi connectivity index (χ0v) is 18.4. The SMILES string of the molecule is CC(C)CC(=O)CCC1CC(=O)c2c([nH]c(-c3ccncc3)c2Cc2ccccc2)C1. The number of nitrogens with zero attached hydrogens (tertiary/aromatic N) is 1. The van der Waals surface area contributed by atoms with E-state index < -0.39 is 0 Å². The quantitative estimate of drug-likeness (QED) is 0.506. The van der Waals surface area contributed by atoms with Gasteiger partial charge >= 0.3 is 0 Å². The van der Waals surface area contributed by atoms with Crippen LogP contribution in [0, 0.1) is 11.8 Å². The van der Waals surface area contributed by atoms with E-state index in [1.165, 1.54) is 5.56 Å². The van der Waals surface area contributed by atoms with Gasteiger partial charge in [0.2, 0.25) is 0 Å². The molecule has 160 valence electrons. The van der Waals surface area contributed by atoms with Crippen molar-refractivity contribution in [2.45, 2.75) is 52.4 Å². The largest absolute Gasteiger partial charge is 0.358 e. The number of hydrogen-bond acceptors (Lipinski definition) is 3. The van der Waals surface area contributed by atoms with Gasteiger partial charge in [0.1, 0.15) is 5.78 Å². The third-order valence-corrected chi connectivity index (χ3v) is 6.09. The second-order valence-corrected chi connectivity index (χ2v) is 9.10. The van der Waals surface area contributed by atoms with Gasteiger partial charge in [0.25, 0.3) is 0 Å². The third kappa shape index (κ3) is 5.01. The molecule has 0 fully saturated rings. The predicted molar refractivity (Wildman–Crippen MR) is 123 cm³/mol. The van der Waals surface area contributed by atoms with E-state index in [1.807, 2.05) is 30.3 Å². The van der Waals surface area contributed by atoms with E-state index in [9.17, 15) is 9.59 Å². The fourth-order valence-corrected chi connectivity index (χ4v) is 4.68. The lowest BCUT2D eigenvalue weighted by Crippen LogP contribution is -2.21. The van der Waals surface area contributed by atoms with Crippen LogP contribution in [0.1, 0.15) is 66.7 Å². The molecule has 1 aromatic carbocycles. The van der Waals surface area contributed by atoms with Crippen molar-refractivity contribution in [2.24, 2.45) is 11.8 Å². The second kappa shape index (κ2) is 9.42. The molecule has 0 saturated heterocycles. The number of rotatable bonds is 8. The first kappa shape index (κ1) is 21.2. The molecule has 31 heavy (non-hydrogen) atoms. The molecule has 0 bridgehead atoms. The van der Waals surface area contributed by atoms with Crippen molar-refractivity contribution < 1.29 is 9.59 Å². The molecule has 1 unspecified atom stereocenters. The van der Waals surface area contributed by atoms with Crippen molar-refractivity contribution in [3.63, 3.8) is 0 Å². The first-order valence-electron chi connectivity index (χ1n) is 11.2. The van der Waals surface area contributed by atoms with Gasteiger partial charge in [-0.15, -0.1) is 0 Å². The number of ketones is 2. The Bertz CT molecular complexity index is 1050. The molecule has 1 atom stereocenters. The number of H-pyrrole nitrogens is 1. The molecule has 0 amide bonds. The Labute approximate surface area is 184 Å². The number of fused-ring (bicyclic) bond motifs is 1. The fourth-order valence-electron chi connectivity index (χ4n) is 4.68. The van der Waals surface area contributed by atoms with Gasteiger partial charge in [-0.1, -0.05) is 44.2 Å². The van der Waals surface area contributed by atoms with Crippen molar-refractivity contribution >= 4 is 11.6 Å². The zero-order chi connectivity index (χ0) is 21.8. The van der Waals surface area contributed by atoms with Crippen LogP contribution >= 0.6 is 0 Å². The second-order valence-electron chi connectivity index (χ2n) is 9.10. The van der Waals surface area contributed by atoms with E-state index in [4.69, 9.17) is 0 Å². The normalized spacial score (nSPS) is 15.8. The number of Topliss-reactive ketones (excluding diaryl/α,β-unsaturated/α-hetero) is 2. The zero-order valence-electron chi connectivity index (χ0n) is 18.4. The maximum Gasteiger partial charge on any atom is 0.165 e. The Kier molecular flexibility index (Phi) is 6.45. The molecule has 0 radical (unpaired) electrons. The highest BCUT2D eigenvalue weighted by atomic mass is 16.1. The summed E-state index contributed by atoms with van der Waals surface area (Å²) in [7, 11) is 0. The maximum atomic E-state index is 13.3. The lowest BCUT2D eigenvalue weighted by atomic mass is 9.81. The van der Waals surface area contributed by atoms with Crippen molar-refractivity contribution in [3.05, 3.63) is 77.2 Å². The van der Waals surface area contributed by atoms with Crippen molar-refractivity contribution in [3.8, 4) is 11.3 Å². The Hall–Kier alpha value is -3.01. The van der Waals surface area contributed by atoms with Crippen LogP contribution in [0.15, 0.2) is 54.9 Å². The highest BCUT2D eigenvalue weighted by Crippen LogP contribution is 2.37. The molecule has 1 N–H and O–H groups in total. The van der Waals surface area contributed by atoms with E-state index >= 15 is 0 Å². The minimum Gasteiger partial charge on any atom is -0.358 e. The number of nitrogens with one attached hydrogen (secondary N) is 1. The van der Waals surface area contributed by atoms with Gasteiger partial charge in [-0.2, -0.15) is 0 Å².